The number of halogens is 1. The number of aromatic nitrogens is 2. The maximum atomic E-state index is 13.4. The average Bonchev–Trinajstić information content (AvgIpc) is 2.54. The first-order valence-corrected chi connectivity index (χ1v) is 8.66. The molecule has 0 spiro atoms. The molecule has 23 heavy (non-hydrogen) atoms. The van der Waals surface area contributed by atoms with Gasteiger partial charge in [0.1, 0.15) is 11.6 Å². The Morgan fingerprint density at radius 1 is 1.39 bits per heavy atom. The molecule has 2 rings (SSSR count). The van der Waals surface area contributed by atoms with Crippen LogP contribution in [-0.4, -0.2) is 28.6 Å². The zero-order valence-electron chi connectivity index (χ0n) is 13.7. The minimum absolute atomic E-state index is 0.181. The van der Waals surface area contributed by atoms with Crippen molar-refractivity contribution in [2.75, 3.05) is 11.6 Å². The van der Waals surface area contributed by atoms with Crippen molar-refractivity contribution in [3.8, 4) is 11.3 Å². The molecule has 1 aromatic carbocycles. The Morgan fingerprint density at radius 2 is 2.13 bits per heavy atom. The molecule has 6 heteroatoms. The van der Waals surface area contributed by atoms with Crippen LogP contribution in [0.3, 0.4) is 0 Å². The Hall–Kier alpha value is -1.95. The number of carbonyl (C=O) groups excluding carboxylic acids is 1. The van der Waals surface area contributed by atoms with Gasteiger partial charge in [-0.25, -0.2) is 14.4 Å². The lowest BCUT2D eigenvalue weighted by atomic mass is 10.0. The summed E-state index contributed by atoms with van der Waals surface area (Å²) in [5.74, 6) is 0.212. The molecule has 0 radical (unpaired) electrons. The quantitative estimate of drug-likeness (QED) is 0.484. The van der Waals surface area contributed by atoms with Crippen LogP contribution in [-0.2, 0) is 0 Å². The van der Waals surface area contributed by atoms with Crippen LogP contribution in [0.25, 0.3) is 11.3 Å². The van der Waals surface area contributed by atoms with Crippen LogP contribution in [0.15, 0.2) is 23.4 Å². The lowest BCUT2D eigenvalue weighted by Crippen LogP contribution is -2.17. The number of carbonyl (C=O) groups is 1. The van der Waals surface area contributed by atoms with Gasteiger partial charge in [0.2, 0.25) is 0 Å². The Bertz CT molecular complexity index is 721. The zero-order valence-corrected chi connectivity index (χ0v) is 14.5. The smallest absolute Gasteiger partial charge is 0.189 e. The average molecular weight is 333 g/mol. The van der Waals surface area contributed by atoms with E-state index in [0.717, 1.165) is 23.8 Å². The minimum atomic E-state index is -0.309. The van der Waals surface area contributed by atoms with Gasteiger partial charge in [0, 0.05) is 11.6 Å². The van der Waals surface area contributed by atoms with Gasteiger partial charge in [-0.15, -0.1) is 0 Å². The van der Waals surface area contributed by atoms with E-state index in [-0.39, 0.29) is 11.9 Å². The molecule has 0 saturated carbocycles. The van der Waals surface area contributed by atoms with E-state index in [0.29, 0.717) is 22.2 Å². The second-order valence-electron chi connectivity index (χ2n) is 5.35. The topological polar surface area (TPSA) is 54.9 Å². The van der Waals surface area contributed by atoms with Crippen molar-refractivity contribution in [2.24, 2.45) is 0 Å². The van der Waals surface area contributed by atoms with Crippen LogP contribution in [0, 0.1) is 12.7 Å². The fourth-order valence-corrected chi connectivity index (χ4v) is 2.56. The fourth-order valence-electron chi connectivity index (χ4n) is 2.20. The number of hydrogen-bond donors (Lipinski definition) is 1. The van der Waals surface area contributed by atoms with Crippen LogP contribution >= 0.6 is 11.8 Å². The summed E-state index contributed by atoms with van der Waals surface area (Å²) in [6, 6.07) is 4.64. The van der Waals surface area contributed by atoms with Crippen molar-refractivity contribution < 1.29 is 9.18 Å². The van der Waals surface area contributed by atoms with Crippen molar-refractivity contribution >= 4 is 23.9 Å². The number of nitrogens with one attached hydrogen (secondary N) is 1. The first-order valence-electron chi connectivity index (χ1n) is 7.44. The van der Waals surface area contributed by atoms with Crippen LogP contribution in [0.4, 0.5) is 10.2 Å². The summed E-state index contributed by atoms with van der Waals surface area (Å²) in [5, 5.41) is 3.83. The summed E-state index contributed by atoms with van der Waals surface area (Å²) in [6.07, 6.45) is 3.54. The molecule has 0 unspecified atom stereocenters. The van der Waals surface area contributed by atoms with Gasteiger partial charge >= 0.3 is 0 Å². The van der Waals surface area contributed by atoms with Crippen LogP contribution in [0.2, 0.25) is 0 Å². The summed E-state index contributed by atoms with van der Waals surface area (Å²) >= 11 is 1.40. The zero-order chi connectivity index (χ0) is 17.0. The number of aldehydes is 1. The van der Waals surface area contributed by atoms with Gasteiger partial charge < -0.3 is 5.32 Å². The molecule has 0 aliphatic rings. The highest BCUT2D eigenvalue weighted by Crippen LogP contribution is 2.30. The van der Waals surface area contributed by atoms with Crippen molar-refractivity contribution in [2.45, 2.75) is 38.4 Å². The van der Waals surface area contributed by atoms with E-state index in [9.17, 15) is 9.18 Å². The van der Waals surface area contributed by atoms with E-state index < -0.39 is 0 Å². The summed E-state index contributed by atoms with van der Waals surface area (Å²) < 4.78 is 13.4. The maximum absolute atomic E-state index is 13.4. The molecule has 0 bridgehead atoms. The van der Waals surface area contributed by atoms with Crippen LogP contribution < -0.4 is 5.32 Å². The molecule has 122 valence electrons. The van der Waals surface area contributed by atoms with Gasteiger partial charge in [-0.1, -0.05) is 18.7 Å². The van der Waals surface area contributed by atoms with E-state index >= 15 is 0 Å². The summed E-state index contributed by atoms with van der Waals surface area (Å²) in [5.41, 5.74) is 2.40. The number of aryl methyl sites for hydroxylation is 1. The second kappa shape index (κ2) is 7.55. The lowest BCUT2D eigenvalue weighted by molar-refractivity contribution is 0.112. The highest BCUT2D eigenvalue weighted by Gasteiger charge is 2.18. The minimum Gasteiger partial charge on any atom is -0.367 e. The van der Waals surface area contributed by atoms with Gasteiger partial charge in [0.15, 0.2) is 11.4 Å². The predicted octanol–water partition coefficient (Wildman–Crippen LogP) is 4.34. The number of anilines is 1. The molecular weight excluding hydrogens is 313 g/mol. The number of hydrogen-bond acceptors (Lipinski definition) is 5. The fraction of sp³-hybridized carbons (Fsp3) is 0.353. The molecule has 1 heterocycles. The van der Waals surface area contributed by atoms with E-state index in [1.54, 1.807) is 13.0 Å². The molecule has 0 fully saturated rings. The standard InChI is InChI=1S/C17H20FN3OS/c1-5-11(3)19-16-14(9-22)15(20-17(21-16)23-4)13-7-6-12(18)8-10(13)2/h6-9,11H,5H2,1-4H3,(H,19,20,21)/t11-/m0/s1. The molecule has 2 aromatic rings. The van der Waals surface area contributed by atoms with Gasteiger partial charge in [-0.05, 0) is 50.3 Å². The third kappa shape index (κ3) is 3.88. The maximum Gasteiger partial charge on any atom is 0.189 e. The molecule has 0 saturated heterocycles. The summed E-state index contributed by atoms with van der Waals surface area (Å²) in [6.45, 7) is 5.88. The predicted molar refractivity (Wildman–Crippen MR) is 92.7 cm³/mol. The molecule has 1 aromatic heterocycles. The Morgan fingerprint density at radius 3 is 2.70 bits per heavy atom. The van der Waals surface area contributed by atoms with Crippen molar-refractivity contribution in [3.63, 3.8) is 0 Å². The molecule has 0 aliphatic carbocycles. The second-order valence-corrected chi connectivity index (χ2v) is 6.13. The largest absolute Gasteiger partial charge is 0.367 e. The van der Waals surface area contributed by atoms with Gasteiger partial charge in [0.05, 0.1) is 11.3 Å². The van der Waals surface area contributed by atoms with Crippen LogP contribution in [0.5, 0.6) is 0 Å². The van der Waals surface area contributed by atoms with Gasteiger partial charge in [-0.3, -0.25) is 4.79 Å². The number of rotatable bonds is 6. The highest BCUT2D eigenvalue weighted by molar-refractivity contribution is 7.98. The molecule has 0 amide bonds. The van der Waals surface area contributed by atoms with Gasteiger partial charge in [0.25, 0.3) is 0 Å². The normalized spacial score (nSPS) is 12.0. The third-order valence-electron chi connectivity index (χ3n) is 3.66. The molecule has 4 nitrogen and oxygen atoms in total. The Balaban J connectivity index is 2.65. The van der Waals surface area contributed by atoms with E-state index in [2.05, 4.69) is 22.2 Å². The van der Waals surface area contributed by atoms with E-state index in [1.807, 2.05) is 13.2 Å². The molecule has 0 aliphatic heterocycles. The van der Waals surface area contributed by atoms with Gasteiger partial charge in [-0.2, -0.15) is 0 Å². The number of nitrogens with zero attached hydrogens (tertiary/aromatic N) is 2. The Kier molecular flexibility index (Phi) is 5.71. The van der Waals surface area contributed by atoms with Crippen molar-refractivity contribution in [3.05, 3.63) is 35.1 Å². The van der Waals surface area contributed by atoms with E-state index in [4.69, 9.17) is 0 Å². The molecule has 1 N–H and O–H groups in total. The first-order chi connectivity index (χ1) is 11.0. The monoisotopic (exact) mass is 333 g/mol. The molecular formula is C17H20FN3OS. The summed E-state index contributed by atoms with van der Waals surface area (Å²) in [4.78, 5) is 20.6. The van der Waals surface area contributed by atoms with E-state index in [1.165, 1.54) is 23.9 Å². The Labute approximate surface area is 139 Å². The van der Waals surface area contributed by atoms with Crippen molar-refractivity contribution in [1.29, 1.82) is 0 Å². The number of benzene rings is 1. The third-order valence-corrected chi connectivity index (χ3v) is 4.21. The van der Waals surface area contributed by atoms with Crippen LogP contribution in [0.1, 0.15) is 36.2 Å². The summed E-state index contributed by atoms with van der Waals surface area (Å²) in [7, 11) is 0. The van der Waals surface area contributed by atoms with Crippen molar-refractivity contribution in [1.82, 2.24) is 9.97 Å². The SMILES string of the molecule is CC[C@H](C)Nc1nc(SC)nc(-c2ccc(F)cc2C)c1C=O. The molecule has 1 atom stereocenters. The number of thioether (sulfide) groups is 1. The highest BCUT2D eigenvalue weighted by atomic mass is 32.2. The lowest BCUT2D eigenvalue weighted by Gasteiger charge is -2.17. The first kappa shape index (κ1) is 17.4.